The highest BCUT2D eigenvalue weighted by molar-refractivity contribution is 5.96. The molecule has 21 heavy (non-hydrogen) atoms. The predicted molar refractivity (Wildman–Crippen MR) is 77.7 cm³/mol. The van der Waals surface area contributed by atoms with Crippen LogP contribution in [0.3, 0.4) is 0 Å². The number of amides is 1. The van der Waals surface area contributed by atoms with Crippen molar-refractivity contribution in [3.05, 3.63) is 54.4 Å². The molecular weight excluding hydrogens is 268 g/mol. The summed E-state index contributed by atoms with van der Waals surface area (Å²) in [6.45, 7) is 0.457. The van der Waals surface area contributed by atoms with Gasteiger partial charge in [0.1, 0.15) is 5.65 Å². The number of rotatable bonds is 4. The summed E-state index contributed by atoms with van der Waals surface area (Å²) in [6.07, 6.45) is 7.40. The Kier molecular flexibility index (Phi) is 3.46. The SMILES string of the molecule is Nc1nccnc1C(=O)NCCc1cn2ccccc2n1. The van der Waals surface area contributed by atoms with Gasteiger partial charge in [0.15, 0.2) is 11.5 Å². The fourth-order valence-corrected chi connectivity index (χ4v) is 2.02. The number of nitrogens with two attached hydrogens (primary N) is 1. The molecule has 0 saturated heterocycles. The third-order valence-corrected chi connectivity index (χ3v) is 3.02. The normalized spacial score (nSPS) is 10.7. The second kappa shape index (κ2) is 5.58. The quantitative estimate of drug-likeness (QED) is 0.733. The minimum atomic E-state index is -0.329. The molecule has 3 N–H and O–H groups in total. The number of carbonyl (C=O) groups is 1. The van der Waals surface area contributed by atoms with Gasteiger partial charge in [-0.3, -0.25) is 4.79 Å². The second-order valence-electron chi connectivity index (χ2n) is 4.49. The van der Waals surface area contributed by atoms with Gasteiger partial charge in [-0.25, -0.2) is 15.0 Å². The molecule has 3 heterocycles. The lowest BCUT2D eigenvalue weighted by atomic mass is 10.3. The first kappa shape index (κ1) is 13.0. The predicted octanol–water partition coefficient (Wildman–Crippen LogP) is 0.679. The largest absolute Gasteiger partial charge is 0.382 e. The van der Waals surface area contributed by atoms with Crippen LogP contribution in [0.15, 0.2) is 43.0 Å². The Morgan fingerprint density at radius 1 is 1.29 bits per heavy atom. The Balaban J connectivity index is 1.61. The maximum absolute atomic E-state index is 11.9. The number of pyridine rings is 1. The molecule has 0 unspecified atom stereocenters. The van der Waals surface area contributed by atoms with Gasteiger partial charge in [0, 0.05) is 37.8 Å². The summed E-state index contributed by atoms with van der Waals surface area (Å²) in [5, 5.41) is 2.76. The Hall–Kier alpha value is -2.96. The highest BCUT2D eigenvalue weighted by Gasteiger charge is 2.11. The lowest BCUT2D eigenvalue weighted by Crippen LogP contribution is -2.27. The van der Waals surface area contributed by atoms with E-state index in [-0.39, 0.29) is 17.4 Å². The van der Waals surface area contributed by atoms with E-state index < -0.39 is 0 Å². The maximum Gasteiger partial charge on any atom is 0.273 e. The smallest absolute Gasteiger partial charge is 0.273 e. The van der Waals surface area contributed by atoms with Crippen LogP contribution in [0.5, 0.6) is 0 Å². The van der Waals surface area contributed by atoms with Crippen LogP contribution >= 0.6 is 0 Å². The van der Waals surface area contributed by atoms with Gasteiger partial charge in [0.25, 0.3) is 5.91 Å². The topological polar surface area (TPSA) is 98.2 Å². The second-order valence-corrected chi connectivity index (χ2v) is 4.49. The van der Waals surface area contributed by atoms with Crippen molar-refractivity contribution in [1.29, 1.82) is 0 Å². The van der Waals surface area contributed by atoms with Crippen LogP contribution in [0.1, 0.15) is 16.2 Å². The van der Waals surface area contributed by atoms with E-state index in [4.69, 9.17) is 5.73 Å². The van der Waals surface area contributed by atoms with Gasteiger partial charge < -0.3 is 15.5 Å². The summed E-state index contributed by atoms with van der Waals surface area (Å²) in [7, 11) is 0. The van der Waals surface area contributed by atoms with Crippen molar-refractivity contribution >= 4 is 17.4 Å². The molecule has 7 heteroatoms. The minimum absolute atomic E-state index is 0.128. The van der Waals surface area contributed by atoms with Crippen molar-refractivity contribution in [1.82, 2.24) is 24.7 Å². The van der Waals surface area contributed by atoms with E-state index >= 15 is 0 Å². The lowest BCUT2D eigenvalue weighted by Gasteiger charge is -2.04. The zero-order valence-corrected chi connectivity index (χ0v) is 11.2. The van der Waals surface area contributed by atoms with Crippen molar-refractivity contribution in [3.8, 4) is 0 Å². The van der Waals surface area contributed by atoms with Gasteiger partial charge in [0.2, 0.25) is 0 Å². The fraction of sp³-hybridized carbons (Fsp3) is 0.143. The molecule has 3 rings (SSSR count). The van der Waals surface area contributed by atoms with Crippen LogP contribution in [0, 0.1) is 0 Å². The Labute approximate surface area is 120 Å². The van der Waals surface area contributed by atoms with Crippen LogP contribution in [-0.4, -0.2) is 31.8 Å². The number of imidazole rings is 1. The molecule has 0 aliphatic heterocycles. The van der Waals surface area contributed by atoms with Gasteiger partial charge in [-0.1, -0.05) is 6.07 Å². The molecule has 0 atom stereocenters. The average Bonchev–Trinajstić information content (AvgIpc) is 2.90. The number of anilines is 1. The summed E-state index contributed by atoms with van der Waals surface area (Å²) in [6, 6.07) is 5.81. The van der Waals surface area contributed by atoms with Gasteiger partial charge in [-0.05, 0) is 12.1 Å². The lowest BCUT2D eigenvalue weighted by molar-refractivity contribution is 0.0950. The molecule has 3 aromatic heterocycles. The zero-order valence-electron chi connectivity index (χ0n) is 11.2. The van der Waals surface area contributed by atoms with Gasteiger partial charge >= 0.3 is 0 Å². The Morgan fingerprint density at radius 2 is 2.14 bits per heavy atom. The first-order valence-electron chi connectivity index (χ1n) is 6.51. The van der Waals surface area contributed by atoms with Crippen molar-refractivity contribution in [3.63, 3.8) is 0 Å². The van der Waals surface area contributed by atoms with Gasteiger partial charge in [-0.2, -0.15) is 0 Å². The number of nitrogen functional groups attached to an aromatic ring is 1. The third-order valence-electron chi connectivity index (χ3n) is 3.02. The molecule has 0 aliphatic carbocycles. The van der Waals surface area contributed by atoms with E-state index in [1.54, 1.807) is 0 Å². The Morgan fingerprint density at radius 3 is 2.95 bits per heavy atom. The van der Waals surface area contributed by atoms with Crippen molar-refractivity contribution in [2.45, 2.75) is 6.42 Å². The zero-order chi connectivity index (χ0) is 14.7. The number of hydrogen-bond acceptors (Lipinski definition) is 5. The number of nitrogens with zero attached hydrogens (tertiary/aromatic N) is 4. The first-order chi connectivity index (χ1) is 10.2. The molecular formula is C14H14N6O. The molecule has 106 valence electrons. The van der Waals surface area contributed by atoms with Gasteiger partial charge in [-0.15, -0.1) is 0 Å². The standard InChI is InChI=1S/C14H14N6O/c15-13-12(16-6-7-17-13)14(21)18-5-4-10-9-20-8-2-1-3-11(20)19-10/h1-3,6-9H,4-5H2,(H2,15,17)(H,18,21). The number of nitrogens with one attached hydrogen (secondary N) is 1. The molecule has 1 amide bonds. The monoisotopic (exact) mass is 282 g/mol. The molecule has 0 spiro atoms. The van der Waals surface area contributed by atoms with E-state index in [1.807, 2.05) is 35.0 Å². The molecule has 0 aliphatic rings. The maximum atomic E-state index is 11.9. The molecule has 7 nitrogen and oxygen atoms in total. The molecule has 0 bridgehead atoms. The number of carbonyl (C=O) groups excluding carboxylic acids is 1. The summed E-state index contributed by atoms with van der Waals surface area (Å²) < 4.78 is 1.94. The highest BCUT2D eigenvalue weighted by Crippen LogP contribution is 2.05. The van der Waals surface area contributed by atoms with Crippen LogP contribution in [0.4, 0.5) is 5.82 Å². The number of hydrogen-bond donors (Lipinski definition) is 2. The van der Waals surface area contributed by atoms with E-state index in [1.165, 1.54) is 12.4 Å². The average molecular weight is 282 g/mol. The first-order valence-corrected chi connectivity index (χ1v) is 6.51. The van der Waals surface area contributed by atoms with E-state index in [0.29, 0.717) is 13.0 Å². The van der Waals surface area contributed by atoms with Crippen LogP contribution in [0.25, 0.3) is 5.65 Å². The highest BCUT2D eigenvalue weighted by atomic mass is 16.1. The van der Waals surface area contributed by atoms with E-state index in [9.17, 15) is 4.79 Å². The fourth-order valence-electron chi connectivity index (χ4n) is 2.02. The van der Waals surface area contributed by atoms with Crippen LogP contribution in [0.2, 0.25) is 0 Å². The van der Waals surface area contributed by atoms with Crippen molar-refractivity contribution in [2.75, 3.05) is 12.3 Å². The minimum Gasteiger partial charge on any atom is -0.382 e. The number of fused-ring (bicyclic) bond motifs is 1. The summed E-state index contributed by atoms with van der Waals surface area (Å²) >= 11 is 0. The van der Waals surface area contributed by atoms with E-state index in [2.05, 4.69) is 20.3 Å². The van der Waals surface area contributed by atoms with Crippen molar-refractivity contribution < 1.29 is 4.79 Å². The molecule has 0 saturated carbocycles. The van der Waals surface area contributed by atoms with Gasteiger partial charge in [0.05, 0.1) is 5.69 Å². The van der Waals surface area contributed by atoms with E-state index in [0.717, 1.165) is 11.3 Å². The van der Waals surface area contributed by atoms with Crippen LogP contribution < -0.4 is 11.1 Å². The molecule has 0 aromatic carbocycles. The number of aromatic nitrogens is 4. The Bertz CT molecular complexity index is 749. The summed E-state index contributed by atoms with van der Waals surface area (Å²) in [5.74, 6) is -0.202. The molecule has 0 fully saturated rings. The molecule has 0 radical (unpaired) electrons. The van der Waals surface area contributed by atoms with Crippen molar-refractivity contribution in [2.24, 2.45) is 0 Å². The van der Waals surface area contributed by atoms with Crippen LogP contribution in [-0.2, 0) is 6.42 Å². The summed E-state index contributed by atoms with van der Waals surface area (Å²) in [5.41, 5.74) is 7.55. The molecule has 3 aromatic rings. The summed E-state index contributed by atoms with van der Waals surface area (Å²) in [4.78, 5) is 24.1. The third kappa shape index (κ3) is 2.81.